The van der Waals surface area contributed by atoms with Crippen molar-refractivity contribution in [1.82, 2.24) is 9.88 Å². The average Bonchev–Trinajstić information content (AvgIpc) is 2.70. The summed E-state index contributed by atoms with van der Waals surface area (Å²) < 4.78 is 14.3. The Morgan fingerprint density at radius 3 is 2.36 bits per heavy atom. The number of ketones is 1. The van der Waals surface area contributed by atoms with Crippen LogP contribution in [0.2, 0.25) is 0 Å². The van der Waals surface area contributed by atoms with E-state index in [2.05, 4.69) is 5.32 Å². The predicted octanol–water partition coefficient (Wildman–Crippen LogP) is 3.04. The highest BCUT2D eigenvalue weighted by molar-refractivity contribution is 6.11. The highest BCUT2D eigenvalue weighted by Crippen LogP contribution is 2.15. The smallest absolute Gasteiger partial charge is 0.251 e. The Balaban J connectivity index is 1.95. The van der Waals surface area contributed by atoms with Crippen LogP contribution in [0.1, 0.15) is 27.5 Å². The molecule has 0 spiro atoms. The van der Waals surface area contributed by atoms with E-state index in [1.54, 1.807) is 13.0 Å². The summed E-state index contributed by atoms with van der Waals surface area (Å²) >= 11 is 0. The van der Waals surface area contributed by atoms with Gasteiger partial charge in [-0.05, 0) is 42.3 Å². The van der Waals surface area contributed by atoms with Gasteiger partial charge in [0.25, 0.3) is 11.5 Å². The van der Waals surface area contributed by atoms with Crippen molar-refractivity contribution in [2.45, 2.75) is 19.5 Å². The molecule has 3 rings (SSSR count). The molecule has 0 radical (unpaired) electrons. The maximum Gasteiger partial charge on any atom is 0.251 e. The summed E-state index contributed by atoms with van der Waals surface area (Å²) in [5, 5.41) is 2.71. The number of pyridine rings is 1. The van der Waals surface area contributed by atoms with Crippen molar-refractivity contribution >= 4 is 11.7 Å². The Bertz CT molecular complexity index is 1040. The molecule has 3 aromatic rings. The second-order valence-electron chi connectivity index (χ2n) is 6.43. The fraction of sp³-hybridized carbons (Fsp3) is 0.136. The number of carbonyl (C=O) groups excluding carboxylic acids is 2. The van der Waals surface area contributed by atoms with Gasteiger partial charge in [0.15, 0.2) is 11.8 Å². The van der Waals surface area contributed by atoms with Crippen LogP contribution in [0.4, 0.5) is 4.39 Å². The molecular formula is C22H19FN2O3. The van der Waals surface area contributed by atoms with E-state index >= 15 is 0 Å². The van der Waals surface area contributed by atoms with Gasteiger partial charge in [-0.2, -0.15) is 0 Å². The van der Waals surface area contributed by atoms with Gasteiger partial charge in [0, 0.05) is 24.4 Å². The van der Waals surface area contributed by atoms with Crippen molar-refractivity contribution in [2.24, 2.45) is 0 Å². The van der Waals surface area contributed by atoms with Crippen LogP contribution in [0.5, 0.6) is 0 Å². The van der Waals surface area contributed by atoms with E-state index in [4.69, 9.17) is 0 Å². The fourth-order valence-corrected chi connectivity index (χ4v) is 2.84. The zero-order valence-electron chi connectivity index (χ0n) is 15.3. The summed E-state index contributed by atoms with van der Waals surface area (Å²) in [6.07, 6.45) is 1.47. The molecule has 2 aromatic carbocycles. The number of hydrogen-bond acceptors (Lipinski definition) is 3. The number of Topliss-reactive ketones (excluding diaryl/α,β-unsaturated/α-hetero) is 1. The topological polar surface area (TPSA) is 68.2 Å². The minimum absolute atomic E-state index is 0.148. The van der Waals surface area contributed by atoms with Gasteiger partial charge in [0.05, 0.1) is 0 Å². The molecule has 1 amide bonds. The van der Waals surface area contributed by atoms with Crippen molar-refractivity contribution in [2.75, 3.05) is 0 Å². The third kappa shape index (κ3) is 4.40. The zero-order valence-corrected chi connectivity index (χ0v) is 15.3. The summed E-state index contributed by atoms with van der Waals surface area (Å²) in [5.41, 5.74) is 1.27. The molecule has 0 saturated heterocycles. The number of benzene rings is 2. The van der Waals surface area contributed by atoms with Gasteiger partial charge in [0.2, 0.25) is 0 Å². The van der Waals surface area contributed by atoms with Crippen LogP contribution in [-0.4, -0.2) is 16.3 Å². The van der Waals surface area contributed by atoms with Gasteiger partial charge in [0.1, 0.15) is 5.82 Å². The van der Waals surface area contributed by atoms with Crippen molar-refractivity contribution in [3.8, 4) is 0 Å². The highest BCUT2D eigenvalue weighted by Gasteiger charge is 2.30. The lowest BCUT2D eigenvalue weighted by atomic mass is 10.0. The number of halogens is 1. The molecule has 1 atom stereocenters. The van der Waals surface area contributed by atoms with Crippen LogP contribution in [0.25, 0.3) is 0 Å². The van der Waals surface area contributed by atoms with E-state index < -0.39 is 29.1 Å². The maximum atomic E-state index is 13.2. The number of carbonyl (C=O) groups is 2. The van der Waals surface area contributed by atoms with Crippen LogP contribution in [-0.2, 0) is 11.3 Å². The van der Waals surface area contributed by atoms with Gasteiger partial charge < -0.3 is 5.32 Å². The first kappa shape index (κ1) is 19.2. The Hall–Kier alpha value is -3.54. The van der Waals surface area contributed by atoms with Gasteiger partial charge in [-0.3, -0.25) is 19.0 Å². The van der Waals surface area contributed by atoms with Crippen LogP contribution >= 0.6 is 0 Å². The second kappa shape index (κ2) is 8.43. The molecule has 0 aliphatic rings. The summed E-state index contributed by atoms with van der Waals surface area (Å²) in [6, 6.07) is 15.7. The summed E-state index contributed by atoms with van der Waals surface area (Å²) in [4.78, 5) is 38.3. The molecular weight excluding hydrogens is 359 g/mol. The molecule has 0 saturated carbocycles. The molecule has 1 N–H and O–H groups in total. The number of rotatable bonds is 6. The van der Waals surface area contributed by atoms with Crippen LogP contribution in [0.3, 0.4) is 0 Å². The lowest BCUT2D eigenvalue weighted by Crippen LogP contribution is -2.41. The SMILES string of the molecule is Cc1ccc(=O)n([C@@H](C(=O)NCc2ccccc2)C(=O)c2ccc(F)cc2)c1. The first-order valence-electron chi connectivity index (χ1n) is 8.76. The summed E-state index contributed by atoms with van der Waals surface area (Å²) in [6.45, 7) is 1.98. The molecule has 142 valence electrons. The van der Waals surface area contributed by atoms with Crippen LogP contribution in [0.15, 0.2) is 77.7 Å². The minimum Gasteiger partial charge on any atom is -0.350 e. The van der Waals surface area contributed by atoms with Gasteiger partial charge >= 0.3 is 0 Å². The molecule has 6 heteroatoms. The van der Waals surface area contributed by atoms with Crippen molar-refractivity contribution in [1.29, 1.82) is 0 Å². The fourth-order valence-electron chi connectivity index (χ4n) is 2.84. The molecule has 0 fully saturated rings. The van der Waals surface area contributed by atoms with Crippen molar-refractivity contribution in [3.05, 3.63) is 106 Å². The van der Waals surface area contributed by atoms with E-state index in [0.717, 1.165) is 27.8 Å². The molecule has 1 heterocycles. The normalized spacial score (nSPS) is 11.6. The number of nitrogens with one attached hydrogen (secondary N) is 1. The van der Waals surface area contributed by atoms with E-state index in [9.17, 15) is 18.8 Å². The Morgan fingerprint density at radius 2 is 1.68 bits per heavy atom. The molecule has 0 unspecified atom stereocenters. The maximum absolute atomic E-state index is 13.2. The first-order chi connectivity index (χ1) is 13.5. The second-order valence-corrected chi connectivity index (χ2v) is 6.43. The lowest BCUT2D eigenvalue weighted by molar-refractivity contribution is -0.123. The molecule has 0 aliphatic heterocycles. The summed E-state index contributed by atoms with van der Waals surface area (Å²) in [5.74, 6) is -1.68. The molecule has 1 aromatic heterocycles. The van der Waals surface area contributed by atoms with E-state index in [-0.39, 0.29) is 12.1 Å². The number of amides is 1. The van der Waals surface area contributed by atoms with Crippen LogP contribution < -0.4 is 10.9 Å². The van der Waals surface area contributed by atoms with Gasteiger partial charge in [-0.25, -0.2) is 4.39 Å². The molecule has 0 bridgehead atoms. The highest BCUT2D eigenvalue weighted by atomic mass is 19.1. The van der Waals surface area contributed by atoms with Gasteiger partial charge in [-0.1, -0.05) is 36.4 Å². The monoisotopic (exact) mass is 378 g/mol. The van der Waals surface area contributed by atoms with Gasteiger partial charge in [-0.15, -0.1) is 0 Å². The molecule has 0 aliphatic carbocycles. The molecule has 28 heavy (non-hydrogen) atoms. The predicted molar refractivity (Wildman–Crippen MR) is 103 cm³/mol. The minimum atomic E-state index is -1.39. The third-order valence-electron chi connectivity index (χ3n) is 4.30. The van der Waals surface area contributed by atoms with E-state index in [1.807, 2.05) is 30.3 Å². The number of aromatic nitrogens is 1. The quantitative estimate of drug-likeness (QED) is 0.530. The van der Waals surface area contributed by atoms with E-state index in [1.165, 1.54) is 24.4 Å². The first-order valence-corrected chi connectivity index (χ1v) is 8.76. The number of aryl methyl sites for hydroxylation is 1. The third-order valence-corrected chi connectivity index (χ3v) is 4.30. The van der Waals surface area contributed by atoms with Crippen molar-refractivity contribution in [3.63, 3.8) is 0 Å². The number of nitrogens with zero attached hydrogens (tertiary/aromatic N) is 1. The summed E-state index contributed by atoms with van der Waals surface area (Å²) in [7, 11) is 0. The Kier molecular flexibility index (Phi) is 5.79. The largest absolute Gasteiger partial charge is 0.350 e. The number of hydrogen-bond donors (Lipinski definition) is 1. The van der Waals surface area contributed by atoms with Crippen LogP contribution in [0, 0.1) is 12.7 Å². The standard InChI is InChI=1S/C22H19FN2O3/c1-15-7-12-19(26)25(14-15)20(21(27)17-8-10-18(23)11-9-17)22(28)24-13-16-5-3-2-4-6-16/h2-12,14,20H,13H2,1H3,(H,24,28)/t20-/m1/s1. The lowest BCUT2D eigenvalue weighted by Gasteiger charge is -2.19. The molecule has 5 nitrogen and oxygen atoms in total. The van der Waals surface area contributed by atoms with E-state index in [0.29, 0.717) is 0 Å². The Morgan fingerprint density at radius 1 is 1.00 bits per heavy atom. The average molecular weight is 378 g/mol. The van der Waals surface area contributed by atoms with Crippen molar-refractivity contribution < 1.29 is 14.0 Å². The Labute approximate surface area is 161 Å². The zero-order chi connectivity index (χ0) is 20.1.